The Labute approximate surface area is 133 Å². The second-order valence-electron chi connectivity index (χ2n) is 4.73. The van der Waals surface area contributed by atoms with Gasteiger partial charge >= 0.3 is 5.97 Å². The lowest BCUT2D eigenvalue weighted by molar-refractivity contribution is 0.0695. The summed E-state index contributed by atoms with van der Waals surface area (Å²) in [6.07, 6.45) is 0. The molecule has 0 aliphatic rings. The van der Waals surface area contributed by atoms with Gasteiger partial charge in [0.2, 0.25) is 0 Å². The van der Waals surface area contributed by atoms with Gasteiger partial charge in [0, 0.05) is 22.6 Å². The van der Waals surface area contributed by atoms with Crippen LogP contribution in [0.25, 0.3) is 0 Å². The minimum absolute atomic E-state index is 0.0170. The van der Waals surface area contributed by atoms with Crippen LogP contribution < -0.4 is 5.32 Å². The average Bonchev–Trinajstić information content (AvgIpc) is 2.45. The standard InChI is InChI=1S/C16H15Cl2NO2/c1-10(13-7-6-12(17)8-15(13)18)19-9-11-4-2-3-5-14(11)16(20)21/h2-8,10,19H,9H2,1H3,(H,20,21). The van der Waals surface area contributed by atoms with Crippen LogP contribution in [0.2, 0.25) is 10.0 Å². The van der Waals surface area contributed by atoms with Gasteiger partial charge in [-0.2, -0.15) is 0 Å². The van der Waals surface area contributed by atoms with Crippen molar-refractivity contribution < 1.29 is 9.90 Å². The molecule has 0 saturated heterocycles. The maximum atomic E-state index is 11.2. The zero-order valence-corrected chi connectivity index (χ0v) is 12.9. The summed E-state index contributed by atoms with van der Waals surface area (Å²) in [5, 5.41) is 13.6. The Morgan fingerprint density at radius 2 is 1.95 bits per heavy atom. The van der Waals surface area contributed by atoms with Gasteiger partial charge in [-0.1, -0.05) is 47.5 Å². The van der Waals surface area contributed by atoms with Crippen LogP contribution in [-0.4, -0.2) is 11.1 Å². The molecule has 1 atom stereocenters. The second kappa shape index (κ2) is 6.94. The molecule has 0 saturated carbocycles. The predicted octanol–water partition coefficient (Wildman–Crippen LogP) is 4.54. The van der Waals surface area contributed by atoms with Crippen LogP contribution in [0.15, 0.2) is 42.5 Å². The van der Waals surface area contributed by atoms with Crippen molar-refractivity contribution in [2.45, 2.75) is 19.5 Å². The summed E-state index contributed by atoms with van der Waals surface area (Å²) in [4.78, 5) is 11.2. The van der Waals surface area contributed by atoms with E-state index >= 15 is 0 Å². The molecule has 1 unspecified atom stereocenters. The molecule has 0 radical (unpaired) electrons. The van der Waals surface area contributed by atoms with Crippen molar-refractivity contribution in [3.05, 3.63) is 69.2 Å². The lowest BCUT2D eigenvalue weighted by atomic mass is 10.1. The first-order chi connectivity index (χ1) is 9.99. The highest BCUT2D eigenvalue weighted by atomic mass is 35.5. The van der Waals surface area contributed by atoms with Crippen LogP contribution in [0.1, 0.15) is 34.5 Å². The zero-order chi connectivity index (χ0) is 15.4. The molecule has 0 amide bonds. The second-order valence-corrected chi connectivity index (χ2v) is 5.57. The molecule has 0 aliphatic carbocycles. The summed E-state index contributed by atoms with van der Waals surface area (Å²) >= 11 is 12.0. The molecule has 0 fully saturated rings. The number of carboxylic acids is 1. The zero-order valence-electron chi connectivity index (χ0n) is 11.4. The third kappa shape index (κ3) is 3.97. The molecule has 2 N–H and O–H groups in total. The highest BCUT2D eigenvalue weighted by Gasteiger charge is 2.12. The van der Waals surface area contributed by atoms with Crippen molar-refractivity contribution in [2.24, 2.45) is 0 Å². The van der Waals surface area contributed by atoms with E-state index in [1.54, 1.807) is 30.3 Å². The van der Waals surface area contributed by atoms with Crippen molar-refractivity contribution in [2.75, 3.05) is 0 Å². The van der Waals surface area contributed by atoms with E-state index in [1.807, 2.05) is 19.1 Å². The monoisotopic (exact) mass is 323 g/mol. The van der Waals surface area contributed by atoms with E-state index in [0.717, 1.165) is 11.1 Å². The summed E-state index contributed by atoms with van der Waals surface area (Å²) in [5.74, 6) is -0.926. The fourth-order valence-corrected chi connectivity index (χ4v) is 2.68. The Kier molecular flexibility index (Phi) is 5.23. The molecule has 0 spiro atoms. The molecule has 110 valence electrons. The number of rotatable bonds is 5. The number of carbonyl (C=O) groups is 1. The van der Waals surface area contributed by atoms with Gasteiger partial charge in [0.1, 0.15) is 0 Å². The van der Waals surface area contributed by atoms with E-state index < -0.39 is 5.97 Å². The van der Waals surface area contributed by atoms with Gasteiger partial charge in [-0.05, 0) is 36.2 Å². The van der Waals surface area contributed by atoms with Crippen molar-refractivity contribution >= 4 is 29.2 Å². The number of carboxylic acid groups (broad SMARTS) is 1. The number of aromatic carboxylic acids is 1. The number of hydrogen-bond donors (Lipinski definition) is 2. The van der Waals surface area contributed by atoms with Crippen molar-refractivity contribution in [1.29, 1.82) is 0 Å². The summed E-state index contributed by atoms with van der Waals surface area (Å²) in [5.41, 5.74) is 1.97. The van der Waals surface area contributed by atoms with Crippen LogP contribution in [0.3, 0.4) is 0 Å². The summed E-state index contributed by atoms with van der Waals surface area (Å²) in [6.45, 7) is 2.42. The molecule has 2 rings (SSSR count). The van der Waals surface area contributed by atoms with Crippen molar-refractivity contribution in [3.63, 3.8) is 0 Å². The number of hydrogen-bond acceptors (Lipinski definition) is 2. The number of halogens is 2. The molecule has 21 heavy (non-hydrogen) atoms. The smallest absolute Gasteiger partial charge is 0.336 e. The first kappa shape index (κ1) is 15.8. The Morgan fingerprint density at radius 1 is 1.24 bits per heavy atom. The van der Waals surface area contributed by atoms with E-state index in [-0.39, 0.29) is 6.04 Å². The Hall–Kier alpha value is -1.55. The van der Waals surface area contributed by atoms with Gasteiger partial charge in [-0.3, -0.25) is 0 Å². The minimum Gasteiger partial charge on any atom is -0.478 e. The Bertz CT molecular complexity index is 658. The fraction of sp³-hybridized carbons (Fsp3) is 0.188. The third-order valence-corrected chi connectivity index (χ3v) is 3.84. The topological polar surface area (TPSA) is 49.3 Å². The van der Waals surface area contributed by atoms with Crippen LogP contribution in [0.5, 0.6) is 0 Å². The lowest BCUT2D eigenvalue weighted by Crippen LogP contribution is -2.20. The van der Waals surface area contributed by atoms with E-state index in [4.69, 9.17) is 28.3 Å². The minimum atomic E-state index is -0.926. The van der Waals surface area contributed by atoms with Gasteiger partial charge in [-0.25, -0.2) is 4.79 Å². The molecular formula is C16H15Cl2NO2. The molecule has 3 nitrogen and oxygen atoms in total. The largest absolute Gasteiger partial charge is 0.478 e. The fourth-order valence-electron chi connectivity index (χ4n) is 2.11. The maximum absolute atomic E-state index is 11.2. The van der Waals surface area contributed by atoms with Gasteiger partial charge < -0.3 is 10.4 Å². The lowest BCUT2D eigenvalue weighted by Gasteiger charge is -2.16. The SMILES string of the molecule is CC(NCc1ccccc1C(=O)O)c1ccc(Cl)cc1Cl. The van der Waals surface area contributed by atoms with Crippen molar-refractivity contribution in [3.8, 4) is 0 Å². The van der Waals surface area contributed by atoms with E-state index in [9.17, 15) is 4.79 Å². The van der Waals surface area contributed by atoms with E-state index in [0.29, 0.717) is 22.2 Å². The highest BCUT2D eigenvalue weighted by molar-refractivity contribution is 6.35. The van der Waals surface area contributed by atoms with Gasteiger partial charge in [0.15, 0.2) is 0 Å². The molecule has 0 aliphatic heterocycles. The normalized spacial score (nSPS) is 12.1. The average molecular weight is 324 g/mol. The van der Waals surface area contributed by atoms with Gasteiger partial charge in [0.05, 0.1) is 5.56 Å². The van der Waals surface area contributed by atoms with Crippen LogP contribution in [0, 0.1) is 0 Å². The predicted molar refractivity (Wildman–Crippen MR) is 85.1 cm³/mol. The molecule has 0 aromatic heterocycles. The van der Waals surface area contributed by atoms with Crippen LogP contribution >= 0.6 is 23.2 Å². The van der Waals surface area contributed by atoms with Crippen LogP contribution in [0.4, 0.5) is 0 Å². The molecule has 0 bridgehead atoms. The number of benzene rings is 2. The van der Waals surface area contributed by atoms with Gasteiger partial charge in [0.25, 0.3) is 0 Å². The first-order valence-corrected chi connectivity index (χ1v) is 7.24. The first-order valence-electron chi connectivity index (χ1n) is 6.48. The van der Waals surface area contributed by atoms with Crippen molar-refractivity contribution in [1.82, 2.24) is 5.32 Å². The number of nitrogens with one attached hydrogen (secondary N) is 1. The molecule has 2 aromatic carbocycles. The van der Waals surface area contributed by atoms with Gasteiger partial charge in [-0.15, -0.1) is 0 Å². The molecule has 5 heteroatoms. The Balaban J connectivity index is 2.11. The maximum Gasteiger partial charge on any atom is 0.336 e. The third-order valence-electron chi connectivity index (χ3n) is 3.28. The molecular weight excluding hydrogens is 309 g/mol. The van der Waals surface area contributed by atoms with E-state index in [1.165, 1.54) is 0 Å². The Morgan fingerprint density at radius 3 is 2.62 bits per heavy atom. The van der Waals surface area contributed by atoms with Crippen LogP contribution in [-0.2, 0) is 6.54 Å². The summed E-state index contributed by atoms with van der Waals surface area (Å²) < 4.78 is 0. The van der Waals surface area contributed by atoms with E-state index in [2.05, 4.69) is 5.32 Å². The summed E-state index contributed by atoms with van der Waals surface area (Å²) in [6, 6.07) is 12.3. The quantitative estimate of drug-likeness (QED) is 0.849. The summed E-state index contributed by atoms with van der Waals surface area (Å²) in [7, 11) is 0. The highest BCUT2D eigenvalue weighted by Crippen LogP contribution is 2.26. The molecule has 2 aromatic rings. The molecule has 0 heterocycles.